The Labute approximate surface area is 126 Å². The van der Waals surface area contributed by atoms with Crippen molar-refractivity contribution in [3.8, 4) is 5.75 Å². The van der Waals surface area contributed by atoms with E-state index in [9.17, 15) is 4.79 Å². The Bertz CT molecular complexity index is 629. The van der Waals surface area contributed by atoms with Gasteiger partial charge in [0.05, 0.1) is 12.2 Å². The number of hydrogen-bond acceptors (Lipinski definition) is 2. The van der Waals surface area contributed by atoms with Gasteiger partial charge >= 0.3 is 0 Å². The van der Waals surface area contributed by atoms with Crippen LogP contribution >= 0.6 is 0 Å². The lowest BCUT2D eigenvalue weighted by atomic mass is 9.97. The number of Topliss-reactive ketones (excluding diaryl/α,β-unsaturated/α-hetero) is 1. The Kier molecular flexibility index (Phi) is 5.15. The first-order valence-electron chi connectivity index (χ1n) is 7.43. The van der Waals surface area contributed by atoms with E-state index >= 15 is 0 Å². The lowest BCUT2D eigenvalue weighted by Crippen LogP contribution is -2.08. The second-order valence-electron chi connectivity index (χ2n) is 5.37. The first-order valence-corrected chi connectivity index (χ1v) is 7.43. The van der Waals surface area contributed by atoms with Gasteiger partial charge in [0.2, 0.25) is 0 Å². The quantitative estimate of drug-likeness (QED) is 0.728. The fraction of sp³-hybridized carbons (Fsp3) is 0.316. The number of carbonyl (C=O) groups excluding carboxylic acids is 1. The van der Waals surface area contributed by atoms with E-state index in [0.717, 1.165) is 17.5 Å². The molecule has 0 heterocycles. The summed E-state index contributed by atoms with van der Waals surface area (Å²) in [7, 11) is 0. The number of hydrogen-bond donors (Lipinski definition) is 0. The molecule has 2 heteroatoms. The van der Waals surface area contributed by atoms with Crippen molar-refractivity contribution in [2.75, 3.05) is 6.61 Å². The van der Waals surface area contributed by atoms with Gasteiger partial charge in [0.1, 0.15) is 5.75 Å². The van der Waals surface area contributed by atoms with Crippen LogP contribution in [-0.4, -0.2) is 12.4 Å². The zero-order valence-electron chi connectivity index (χ0n) is 13.0. The lowest BCUT2D eigenvalue weighted by Gasteiger charge is -2.11. The maximum absolute atomic E-state index is 12.6. The van der Waals surface area contributed by atoms with Crippen molar-refractivity contribution >= 4 is 5.78 Å². The fourth-order valence-corrected chi connectivity index (χ4v) is 2.29. The van der Waals surface area contributed by atoms with Gasteiger partial charge in [0.15, 0.2) is 5.78 Å². The van der Waals surface area contributed by atoms with Crippen LogP contribution in [-0.2, 0) is 6.42 Å². The Morgan fingerprint density at radius 3 is 2.62 bits per heavy atom. The molecule has 0 bridgehead atoms. The average molecular weight is 282 g/mol. The van der Waals surface area contributed by atoms with Gasteiger partial charge in [-0.1, -0.05) is 42.8 Å². The van der Waals surface area contributed by atoms with Crippen LogP contribution in [0.2, 0.25) is 0 Å². The van der Waals surface area contributed by atoms with Crippen LogP contribution in [0.3, 0.4) is 0 Å². The summed E-state index contributed by atoms with van der Waals surface area (Å²) in [6, 6.07) is 13.7. The zero-order chi connectivity index (χ0) is 15.2. The molecule has 0 aliphatic heterocycles. The van der Waals surface area contributed by atoms with Gasteiger partial charge in [-0.3, -0.25) is 4.79 Å². The number of ether oxygens (including phenoxy) is 1. The predicted octanol–water partition coefficient (Wildman–Crippen LogP) is 4.52. The van der Waals surface area contributed by atoms with Crippen molar-refractivity contribution in [1.29, 1.82) is 0 Å². The van der Waals surface area contributed by atoms with E-state index in [-0.39, 0.29) is 5.78 Å². The number of rotatable bonds is 6. The molecule has 2 rings (SSSR count). The summed E-state index contributed by atoms with van der Waals surface area (Å²) >= 11 is 0. The second kappa shape index (κ2) is 7.07. The molecule has 2 aromatic carbocycles. The molecule has 0 saturated heterocycles. The first kappa shape index (κ1) is 15.3. The molecule has 0 saturated carbocycles. The van der Waals surface area contributed by atoms with E-state index in [1.54, 1.807) is 0 Å². The summed E-state index contributed by atoms with van der Waals surface area (Å²) in [5.74, 6) is 0.796. The summed E-state index contributed by atoms with van der Waals surface area (Å²) in [6.07, 6.45) is 1.35. The van der Waals surface area contributed by atoms with Crippen LogP contribution in [0.25, 0.3) is 0 Å². The number of ketones is 1. The zero-order valence-corrected chi connectivity index (χ0v) is 13.0. The molecule has 0 unspecified atom stereocenters. The molecule has 0 aliphatic carbocycles. The van der Waals surface area contributed by atoms with Gasteiger partial charge in [-0.15, -0.1) is 0 Å². The number of benzene rings is 2. The highest BCUT2D eigenvalue weighted by Crippen LogP contribution is 2.21. The van der Waals surface area contributed by atoms with Crippen molar-refractivity contribution in [3.05, 3.63) is 64.7 Å². The topological polar surface area (TPSA) is 26.3 Å². The molecule has 2 aromatic rings. The molecular formula is C19H22O2. The van der Waals surface area contributed by atoms with Crippen LogP contribution < -0.4 is 4.74 Å². The lowest BCUT2D eigenvalue weighted by molar-refractivity contribution is 0.0989. The van der Waals surface area contributed by atoms with Crippen molar-refractivity contribution in [2.24, 2.45) is 0 Å². The smallest absolute Gasteiger partial charge is 0.170 e. The van der Waals surface area contributed by atoms with E-state index in [1.165, 1.54) is 5.56 Å². The van der Waals surface area contributed by atoms with Crippen LogP contribution in [0.4, 0.5) is 0 Å². The monoisotopic (exact) mass is 282 g/mol. The highest BCUT2D eigenvalue weighted by atomic mass is 16.5. The number of aryl methyl sites for hydroxylation is 2. The van der Waals surface area contributed by atoms with Gasteiger partial charge in [-0.2, -0.15) is 0 Å². The summed E-state index contributed by atoms with van der Waals surface area (Å²) in [4.78, 5) is 12.6. The van der Waals surface area contributed by atoms with Crippen molar-refractivity contribution in [3.63, 3.8) is 0 Å². The molecule has 2 nitrogen and oxygen atoms in total. The van der Waals surface area contributed by atoms with E-state index in [2.05, 4.69) is 25.1 Å². The third-order valence-electron chi connectivity index (χ3n) is 3.50. The summed E-state index contributed by atoms with van der Waals surface area (Å²) in [5, 5.41) is 0. The Hall–Kier alpha value is -2.09. The molecule has 0 amide bonds. The van der Waals surface area contributed by atoms with Crippen LogP contribution in [0, 0.1) is 13.8 Å². The van der Waals surface area contributed by atoms with Crippen LogP contribution in [0.5, 0.6) is 5.75 Å². The highest BCUT2D eigenvalue weighted by Gasteiger charge is 2.13. The minimum Gasteiger partial charge on any atom is -0.493 e. The maximum Gasteiger partial charge on any atom is 0.170 e. The Balaban J connectivity index is 2.22. The third kappa shape index (κ3) is 3.94. The SMILES string of the molecule is CCCOc1ccccc1C(=O)Cc1cc(C)ccc1C. The molecule has 0 N–H and O–H groups in total. The van der Waals surface area contributed by atoms with E-state index < -0.39 is 0 Å². The van der Waals surface area contributed by atoms with Crippen LogP contribution in [0.1, 0.15) is 40.4 Å². The van der Waals surface area contributed by atoms with Gasteiger partial charge in [-0.05, 0) is 43.5 Å². The van der Waals surface area contributed by atoms with Crippen molar-refractivity contribution in [2.45, 2.75) is 33.6 Å². The average Bonchev–Trinajstić information content (AvgIpc) is 2.49. The normalized spacial score (nSPS) is 10.4. The third-order valence-corrected chi connectivity index (χ3v) is 3.50. The molecule has 0 radical (unpaired) electrons. The van der Waals surface area contributed by atoms with Crippen molar-refractivity contribution in [1.82, 2.24) is 0 Å². The molecule has 0 atom stereocenters. The number of carbonyl (C=O) groups is 1. The van der Waals surface area contributed by atoms with Gasteiger partial charge < -0.3 is 4.74 Å². The standard InChI is InChI=1S/C19H22O2/c1-4-11-21-19-8-6-5-7-17(19)18(20)13-16-12-14(2)9-10-15(16)3/h5-10,12H,4,11,13H2,1-3H3. The molecule has 0 spiro atoms. The summed E-state index contributed by atoms with van der Waals surface area (Å²) in [6.45, 7) is 6.78. The van der Waals surface area contributed by atoms with E-state index in [4.69, 9.17) is 4.74 Å². The minimum absolute atomic E-state index is 0.107. The molecule has 0 fully saturated rings. The van der Waals surface area contributed by atoms with Gasteiger partial charge in [-0.25, -0.2) is 0 Å². The molecule has 110 valence electrons. The molecule has 21 heavy (non-hydrogen) atoms. The summed E-state index contributed by atoms with van der Waals surface area (Å²) < 4.78 is 5.68. The first-order chi connectivity index (χ1) is 10.1. The molecule has 0 aliphatic rings. The van der Waals surface area contributed by atoms with E-state index in [1.807, 2.05) is 38.1 Å². The van der Waals surface area contributed by atoms with Gasteiger partial charge in [0, 0.05) is 6.42 Å². The Morgan fingerprint density at radius 1 is 1.10 bits per heavy atom. The predicted molar refractivity (Wildman–Crippen MR) is 86.2 cm³/mol. The van der Waals surface area contributed by atoms with Crippen LogP contribution in [0.15, 0.2) is 42.5 Å². The summed E-state index contributed by atoms with van der Waals surface area (Å²) in [5.41, 5.74) is 4.09. The van der Waals surface area contributed by atoms with E-state index in [0.29, 0.717) is 24.3 Å². The maximum atomic E-state index is 12.6. The number of para-hydroxylation sites is 1. The molecular weight excluding hydrogens is 260 g/mol. The fourth-order valence-electron chi connectivity index (χ4n) is 2.29. The molecule has 0 aromatic heterocycles. The highest BCUT2D eigenvalue weighted by molar-refractivity contribution is 6.00. The minimum atomic E-state index is 0.107. The van der Waals surface area contributed by atoms with Crippen molar-refractivity contribution < 1.29 is 9.53 Å². The Morgan fingerprint density at radius 2 is 1.86 bits per heavy atom. The second-order valence-corrected chi connectivity index (χ2v) is 5.37. The van der Waals surface area contributed by atoms with Gasteiger partial charge in [0.25, 0.3) is 0 Å². The largest absolute Gasteiger partial charge is 0.493 e.